The largest absolute Gasteiger partial charge is 0.448 e. The van der Waals surface area contributed by atoms with Crippen LogP contribution in [-0.2, 0) is 16.1 Å². The highest BCUT2D eigenvalue weighted by molar-refractivity contribution is 7.99. The van der Waals surface area contributed by atoms with Crippen LogP contribution < -0.4 is 10.9 Å². The van der Waals surface area contributed by atoms with Crippen LogP contribution in [0.3, 0.4) is 0 Å². The summed E-state index contributed by atoms with van der Waals surface area (Å²) in [7, 11) is 0. The molecule has 1 fully saturated rings. The van der Waals surface area contributed by atoms with Gasteiger partial charge in [0, 0.05) is 17.7 Å². The van der Waals surface area contributed by atoms with Crippen LogP contribution in [0.4, 0.5) is 5.69 Å². The molecule has 33 heavy (non-hydrogen) atoms. The highest BCUT2D eigenvalue weighted by Gasteiger charge is 2.23. The SMILES string of the molecule is Cc1ccc(NC(=O)CSc2nc3c(oc4ccccc43)c(=O)n2C[C@@H]2CCCO2)c(C)c1. The number of carbonyl (C=O) groups excluding carboxylic acids is 1. The molecule has 5 rings (SSSR count). The van der Waals surface area contributed by atoms with Gasteiger partial charge in [-0.3, -0.25) is 14.2 Å². The molecule has 0 saturated carbocycles. The first kappa shape index (κ1) is 21.7. The molecule has 7 nitrogen and oxygen atoms in total. The number of ether oxygens (including phenoxy) is 1. The van der Waals surface area contributed by atoms with Crippen molar-refractivity contribution in [2.75, 3.05) is 17.7 Å². The number of aryl methyl sites for hydroxylation is 2. The number of hydrogen-bond acceptors (Lipinski definition) is 6. The number of aromatic nitrogens is 2. The van der Waals surface area contributed by atoms with E-state index in [4.69, 9.17) is 14.1 Å². The average Bonchev–Trinajstić information content (AvgIpc) is 3.44. The lowest BCUT2D eigenvalue weighted by Crippen LogP contribution is -2.29. The second-order valence-electron chi connectivity index (χ2n) is 8.38. The first-order chi connectivity index (χ1) is 16.0. The molecular formula is C25H25N3O4S. The normalized spacial score (nSPS) is 16.0. The van der Waals surface area contributed by atoms with E-state index in [-0.39, 0.29) is 28.9 Å². The number of para-hydroxylation sites is 1. The fourth-order valence-corrected chi connectivity index (χ4v) is 4.99. The topological polar surface area (TPSA) is 86.4 Å². The molecule has 4 aromatic rings. The Labute approximate surface area is 195 Å². The van der Waals surface area contributed by atoms with Gasteiger partial charge >= 0.3 is 0 Å². The standard InChI is InChI=1S/C25H25N3O4S/c1-15-9-10-19(16(2)12-15)26-21(29)14-33-25-27-22-18-7-3-4-8-20(18)32-23(22)24(30)28(25)13-17-6-5-11-31-17/h3-4,7-10,12,17H,5-6,11,13-14H2,1-2H3,(H,26,29)/t17-/m0/s1. The summed E-state index contributed by atoms with van der Waals surface area (Å²) in [6.07, 6.45) is 1.82. The minimum absolute atomic E-state index is 0.0466. The summed E-state index contributed by atoms with van der Waals surface area (Å²) in [6.45, 7) is 5.07. The molecule has 0 radical (unpaired) electrons. The van der Waals surface area contributed by atoms with Crippen molar-refractivity contribution in [3.05, 3.63) is 63.9 Å². The summed E-state index contributed by atoms with van der Waals surface area (Å²) in [6, 6.07) is 13.4. The lowest BCUT2D eigenvalue weighted by molar-refractivity contribution is -0.113. The van der Waals surface area contributed by atoms with E-state index >= 15 is 0 Å². The Morgan fingerprint density at radius 3 is 2.88 bits per heavy atom. The van der Waals surface area contributed by atoms with Crippen molar-refractivity contribution in [1.82, 2.24) is 9.55 Å². The number of anilines is 1. The zero-order valence-corrected chi connectivity index (χ0v) is 19.4. The number of benzene rings is 2. The number of nitrogens with one attached hydrogen (secondary N) is 1. The number of rotatable bonds is 6. The van der Waals surface area contributed by atoms with Gasteiger partial charge < -0.3 is 14.5 Å². The van der Waals surface area contributed by atoms with Gasteiger partial charge in [-0.1, -0.05) is 41.6 Å². The Balaban J connectivity index is 1.46. The van der Waals surface area contributed by atoms with Crippen molar-refractivity contribution in [3.63, 3.8) is 0 Å². The van der Waals surface area contributed by atoms with E-state index in [2.05, 4.69) is 5.32 Å². The lowest BCUT2D eigenvalue weighted by atomic mass is 10.1. The van der Waals surface area contributed by atoms with Gasteiger partial charge in [0.15, 0.2) is 5.16 Å². The first-order valence-electron chi connectivity index (χ1n) is 11.0. The number of amides is 1. The monoisotopic (exact) mass is 463 g/mol. The average molecular weight is 464 g/mol. The molecule has 1 N–H and O–H groups in total. The van der Waals surface area contributed by atoms with E-state index in [0.29, 0.717) is 29.4 Å². The minimum Gasteiger partial charge on any atom is -0.448 e. The van der Waals surface area contributed by atoms with Gasteiger partial charge in [-0.05, 0) is 50.5 Å². The summed E-state index contributed by atoms with van der Waals surface area (Å²) < 4.78 is 13.2. The molecule has 1 atom stereocenters. The van der Waals surface area contributed by atoms with Gasteiger partial charge in [0.1, 0.15) is 11.1 Å². The van der Waals surface area contributed by atoms with Crippen molar-refractivity contribution < 1.29 is 13.9 Å². The Morgan fingerprint density at radius 2 is 2.09 bits per heavy atom. The highest BCUT2D eigenvalue weighted by Crippen LogP contribution is 2.28. The molecule has 1 saturated heterocycles. The predicted molar refractivity (Wildman–Crippen MR) is 130 cm³/mol. The maximum Gasteiger partial charge on any atom is 0.297 e. The van der Waals surface area contributed by atoms with E-state index < -0.39 is 0 Å². The van der Waals surface area contributed by atoms with Crippen LogP contribution in [-0.4, -0.2) is 33.9 Å². The Morgan fingerprint density at radius 1 is 1.24 bits per heavy atom. The molecule has 2 aromatic carbocycles. The third-order valence-electron chi connectivity index (χ3n) is 5.85. The fourth-order valence-electron chi connectivity index (χ4n) is 4.19. The molecular weight excluding hydrogens is 438 g/mol. The molecule has 0 spiro atoms. The van der Waals surface area contributed by atoms with Crippen LogP contribution in [0.5, 0.6) is 0 Å². The molecule has 0 aliphatic carbocycles. The fraction of sp³-hybridized carbons (Fsp3) is 0.320. The van der Waals surface area contributed by atoms with E-state index in [1.165, 1.54) is 11.8 Å². The summed E-state index contributed by atoms with van der Waals surface area (Å²) >= 11 is 1.25. The summed E-state index contributed by atoms with van der Waals surface area (Å²) in [4.78, 5) is 30.8. The Hall–Kier alpha value is -3.10. The van der Waals surface area contributed by atoms with Gasteiger partial charge in [-0.2, -0.15) is 0 Å². The van der Waals surface area contributed by atoms with Gasteiger partial charge in [-0.25, -0.2) is 4.98 Å². The molecule has 1 amide bonds. The smallest absolute Gasteiger partial charge is 0.297 e. The molecule has 8 heteroatoms. The highest BCUT2D eigenvalue weighted by atomic mass is 32.2. The van der Waals surface area contributed by atoms with E-state index in [1.54, 1.807) is 4.57 Å². The molecule has 2 aromatic heterocycles. The minimum atomic E-state index is -0.246. The van der Waals surface area contributed by atoms with E-state index in [9.17, 15) is 9.59 Å². The predicted octanol–water partition coefficient (Wildman–Crippen LogP) is 4.67. The molecule has 0 bridgehead atoms. The second-order valence-corrected chi connectivity index (χ2v) is 9.32. The second kappa shape index (κ2) is 9.03. The maximum atomic E-state index is 13.4. The molecule has 1 aliphatic heterocycles. The number of fused-ring (bicyclic) bond motifs is 3. The number of thioether (sulfide) groups is 1. The lowest BCUT2D eigenvalue weighted by Gasteiger charge is -2.15. The zero-order chi connectivity index (χ0) is 22.9. The molecule has 0 unspecified atom stereocenters. The van der Waals surface area contributed by atoms with Crippen LogP contribution in [0, 0.1) is 13.8 Å². The first-order valence-corrected chi connectivity index (χ1v) is 12.0. The summed E-state index contributed by atoms with van der Waals surface area (Å²) in [5, 5.41) is 4.24. The number of nitrogens with zero attached hydrogens (tertiary/aromatic N) is 2. The third kappa shape index (κ3) is 4.41. The van der Waals surface area contributed by atoms with E-state index in [0.717, 1.165) is 35.0 Å². The molecule has 1 aliphatic rings. The summed E-state index contributed by atoms with van der Waals surface area (Å²) in [5.74, 6) is -0.0194. The van der Waals surface area contributed by atoms with Crippen LogP contribution in [0.25, 0.3) is 22.1 Å². The van der Waals surface area contributed by atoms with Crippen molar-refractivity contribution >= 4 is 45.4 Å². The van der Waals surface area contributed by atoms with Crippen molar-refractivity contribution in [3.8, 4) is 0 Å². The van der Waals surface area contributed by atoms with Crippen LogP contribution >= 0.6 is 11.8 Å². The molecule has 3 heterocycles. The van der Waals surface area contributed by atoms with E-state index in [1.807, 2.05) is 56.3 Å². The van der Waals surface area contributed by atoms with Crippen molar-refractivity contribution in [2.45, 2.75) is 44.5 Å². The quantitative estimate of drug-likeness (QED) is 0.330. The van der Waals surface area contributed by atoms with Crippen molar-refractivity contribution in [2.24, 2.45) is 0 Å². The number of carbonyl (C=O) groups is 1. The Kier molecular flexibility index (Phi) is 5.95. The van der Waals surface area contributed by atoms with Gasteiger partial charge in [-0.15, -0.1) is 0 Å². The zero-order valence-electron chi connectivity index (χ0n) is 18.6. The third-order valence-corrected chi connectivity index (χ3v) is 6.82. The van der Waals surface area contributed by atoms with Gasteiger partial charge in [0.25, 0.3) is 5.56 Å². The van der Waals surface area contributed by atoms with Crippen LogP contribution in [0.15, 0.2) is 56.8 Å². The van der Waals surface area contributed by atoms with Crippen LogP contribution in [0.2, 0.25) is 0 Å². The number of furan rings is 1. The van der Waals surface area contributed by atoms with Gasteiger partial charge in [0.2, 0.25) is 11.5 Å². The maximum absolute atomic E-state index is 13.4. The van der Waals surface area contributed by atoms with Crippen LogP contribution in [0.1, 0.15) is 24.0 Å². The van der Waals surface area contributed by atoms with Gasteiger partial charge in [0.05, 0.1) is 18.4 Å². The Bertz CT molecular complexity index is 1400. The number of hydrogen-bond donors (Lipinski definition) is 1. The van der Waals surface area contributed by atoms with Crippen molar-refractivity contribution in [1.29, 1.82) is 0 Å². The molecule has 170 valence electrons. The summed E-state index contributed by atoms with van der Waals surface area (Å²) in [5.41, 5.74) is 4.07.